The van der Waals surface area contributed by atoms with Gasteiger partial charge in [-0.2, -0.15) is 0 Å². The summed E-state index contributed by atoms with van der Waals surface area (Å²) in [5, 5.41) is 0. The molecule has 0 saturated heterocycles. The Kier molecular flexibility index (Phi) is 5.28. The molecule has 0 spiro atoms. The van der Waals surface area contributed by atoms with E-state index >= 15 is 0 Å². The second-order valence-electron chi connectivity index (χ2n) is 6.30. The average molecular weight is 340 g/mol. The topological polar surface area (TPSA) is 58.6 Å². The molecule has 1 amide bonds. The Bertz CT molecular complexity index is 733. The van der Waals surface area contributed by atoms with Crippen molar-refractivity contribution >= 4 is 5.91 Å². The van der Waals surface area contributed by atoms with E-state index in [0.717, 1.165) is 29.8 Å². The Balaban J connectivity index is 1.95. The summed E-state index contributed by atoms with van der Waals surface area (Å²) in [6, 6.07) is 9.60. The van der Waals surface area contributed by atoms with E-state index in [1.165, 1.54) is 0 Å². The number of hydrogen-bond donors (Lipinski definition) is 0. The Hall–Kier alpha value is -2.47. The van der Waals surface area contributed by atoms with E-state index in [9.17, 15) is 4.79 Å². The van der Waals surface area contributed by atoms with E-state index in [1.807, 2.05) is 37.3 Å². The van der Waals surface area contributed by atoms with Gasteiger partial charge in [0.2, 0.25) is 11.8 Å². The van der Waals surface area contributed by atoms with Gasteiger partial charge in [-0.1, -0.05) is 30.3 Å². The zero-order valence-electron chi connectivity index (χ0n) is 15.0. The van der Waals surface area contributed by atoms with Crippen molar-refractivity contribution in [2.75, 3.05) is 27.2 Å². The van der Waals surface area contributed by atoms with Crippen LogP contribution in [-0.4, -0.2) is 52.9 Å². The summed E-state index contributed by atoms with van der Waals surface area (Å²) in [5.41, 5.74) is 3.00. The summed E-state index contributed by atoms with van der Waals surface area (Å²) in [6.45, 7) is 3.87. The minimum absolute atomic E-state index is 0.0736. The molecule has 0 bridgehead atoms. The largest absolute Gasteiger partial charge is 0.478 e. The highest BCUT2D eigenvalue weighted by atomic mass is 16.5. The van der Waals surface area contributed by atoms with Crippen LogP contribution in [0, 0.1) is 0 Å². The highest BCUT2D eigenvalue weighted by Crippen LogP contribution is 2.31. The molecule has 0 saturated carbocycles. The van der Waals surface area contributed by atoms with Crippen LogP contribution in [0.3, 0.4) is 0 Å². The standard InChI is InChI=1S/C19H24N4O2/c1-4-25-18-15-12-23(11-10-16(15)20-13-21-18)17(19(24)22(2)3)14-8-6-5-7-9-14/h5-9,13,17H,4,10-12H2,1-3H3. The molecule has 1 aliphatic heterocycles. The molecule has 0 radical (unpaired) electrons. The van der Waals surface area contributed by atoms with Crippen molar-refractivity contribution in [2.24, 2.45) is 0 Å². The third kappa shape index (κ3) is 3.64. The van der Waals surface area contributed by atoms with Gasteiger partial charge in [0.15, 0.2) is 0 Å². The molecule has 1 atom stereocenters. The smallest absolute Gasteiger partial charge is 0.244 e. The molecule has 132 valence electrons. The fourth-order valence-electron chi connectivity index (χ4n) is 3.21. The average Bonchev–Trinajstić information content (AvgIpc) is 2.63. The predicted octanol–water partition coefficient (Wildman–Crippen LogP) is 2.06. The molecule has 25 heavy (non-hydrogen) atoms. The highest BCUT2D eigenvalue weighted by Gasteiger charge is 2.33. The number of fused-ring (bicyclic) bond motifs is 1. The molecule has 0 aliphatic carbocycles. The number of carbonyl (C=O) groups is 1. The summed E-state index contributed by atoms with van der Waals surface area (Å²) < 4.78 is 5.67. The lowest BCUT2D eigenvalue weighted by Crippen LogP contribution is -2.42. The van der Waals surface area contributed by atoms with Crippen LogP contribution in [0.25, 0.3) is 0 Å². The summed E-state index contributed by atoms with van der Waals surface area (Å²) in [6.07, 6.45) is 2.33. The summed E-state index contributed by atoms with van der Waals surface area (Å²) in [7, 11) is 3.59. The minimum Gasteiger partial charge on any atom is -0.478 e. The molecule has 0 fully saturated rings. The van der Waals surface area contributed by atoms with Crippen LogP contribution in [0.1, 0.15) is 29.8 Å². The van der Waals surface area contributed by atoms with E-state index in [1.54, 1.807) is 25.3 Å². The third-order valence-corrected chi connectivity index (χ3v) is 4.43. The van der Waals surface area contributed by atoms with Gasteiger partial charge in [0, 0.05) is 39.2 Å². The molecule has 3 rings (SSSR count). The molecule has 6 nitrogen and oxygen atoms in total. The van der Waals surface area contributed by atoms with Gasteiger partial charge in [-0.25, -0.2) is 9.97 Å². The van der Waals surface area contributed by atoms with Crippen LogP contribution in [0.4, 0.5) is 0 Å². The van der Waals surface area contributed by atoms with Gasteiger partial charge in [-0.15, -0.1) is 0 Å². The predicted molar refractivity (Wildman–Crippen MR) is 95.2 cm³/mol. The van der Waals surface area contributed by atoms with Crippen molar-refractivity contribution in [3.8, 4) is 5.88 Å². The number of rotatable bonds is 5. The number of hydrogen-bond acceptors (Lipinski definition) is 5. The SMILES string of the molecule is CCOc1ncnc2c1CN(C(C(=O)N(C)C)c1ccccc1)CC2. The number of benzene rings is 1. The molecule has 1 aromatic carbocycles. The second-order valence-corrected chi connectivity index (χ2v) is 6.30. The molecule has 1 aliphatic rings. The van der Waals surface area contributed by atoms with Gasteiger partial charge in [-0.3, -0.25) is 9.69 Å². The van der Waals surface area contributed by atoms with E-state index in [4.69, 9.17) is 4.74 Å². The van der Waals surface area contributed by atoms with E-state index in [2.05, 4.69) is 14.9 Å². The normalized spacial score (nSPS) is 15.3. The summed E-state index contributed by atoms with van der Waals surface area (Å²) in [5.74, 6) is 0.700. The van der Waals surface area contributed by atoms with Crippen molar-refractivity contribution in [3.05, 3.63) is 53.5 Å². The second kappa shape index (κ2) is 7.61. The molecule has 0 N–H and O–H groups in total. The fraction of sp³-hybridized carbons (Fsp3) is 0.421. The molecule has 1 unspecified atom stereocenters. The Morgan fingerprint density at radius 3 is 2.72 bits per heavy atom. The van der Waals surface area contributed by atoms with Crippen molar-refractivity contribution in [2.45, 2.75) is 25.9 Å². The van der Waals surface area contributed by atoms with Crippen LogP contribution in [0.5, 0.6) is 5.88 Å². The van der Waals surface area contributed by atoms with Crippen LogP contribution < -0.4 is 4.74 Å². The highest BCUT2D eigenvalue weighted by molar-refractivity contribution is 5.83. The number of ether oxygens (including phenoxy) is 1. The lowest BCUT2D eigenvalue weighted by atomic mass is 9.99. The maximum absolute atomic E-state index is 12.9. The van der Waals surface area contributed by atoms with Gasteiger partial charge in [0.05, 0.1) is 12.3 Å². The van der Waals surface area contributed by atoms with Gasteiger partial charge < -0.3 is 9.64 Å². The monoisotopic (exact) mass is 340 g/mol. The zero-order chi connectivity index (χ0) is 17.8. The number of amides is 1. The van der Waals surface area contributed by atoms with Gasteiger partial charge in [0.25, 0.3) is 0 Å². The van der Waals surface area contributed by atoms with E-state index in [-0.39, 0.29) is 11.9 Å². The minimum atomic E-state index is -0.320. The molecule has 6 heteroatoms. The van der Waals surface area contributed by atoms with Crippen LogP contribution in [0.15, 0.2) is 36.7 Å². The first-order valence-corrected chi connectivity index (χ1v) is 8.57. The number of aromatic nitrogens is 2. The van der Waals surface area contributed by atoms with Crippen LogP contribution >= 0.6 is 0 Å². The molecule has 1 aromatic heterocycles. The zero-order valence-corrected chi connectivity index (χ0v) is 15.0. The lowest BCUT2D eigenvalue weighted by molar-refractivity contribution is -0.135. The van der Waals surface area contributed by atoms with Crippen molar-refractivity contribution < 1.29 is 9.53 Å². The number of likely N-dealkylation sites (N-methyl/N-ethyl adjacent to an activating group) is 1. The maximum atomic E-state index is 12.9. The van der Waals surface area contributed by atoms with Crippen molar-refractivity contribution in [3.63, 3.8) is 0 Å². The quantitative estimate of drug-likeness (QED) is 0.834. The first-order valence-electron chi connectivity index (χ1n) is 8.57. The van der Waals surface area contributed by atoms with Gasteiger partial charge in [-0.05, 0) is 12.5 Å². The van der Waals surface area contributed by atoms with Crippen molar-refractivity contribution in [1.29, 1.82) is 0 Å². The van der Waals surface area contributed by atoms with Crippen molar-refractivity contribution in [1.82, 2.24) is 19.8 Å². The molecule has 2 aromatic rings. The summed E-state index contributed by atoms with van der Waals surface area (Å²) in [4.78, 5) is 25.4. The van der Waals surface area contributed by atoms with E-state index in [0.29, 0.717) is 19.0 Å². The third-order valence-electron chi connectivity index (χ3n) is 4.43. The van der Waals surface area contributed by atoms with E-state index < -0.39 is 0 Å². The number of carbonyl (C=O) groups excluding carboxylic acids is 1. The van der Waals surface area contributed by atoms with Gasteiger partial charge in [0.1, 0.15) is 12.4 Å². The Labute approximate surface area is 148 Å². The molecule has 2 heterocycles. The van der Waals surface area contributed by atoms with Crippen LogP contribution in [-0.2, 0) is 17.8 Å². The number of nitrogens with zero attached hydrogens (tertiary/aromatic N) is 4. The molecular formula is C19H24N4O2. The first kappa shape index (κ1) is 17.4. The van der Waals surface area contributed by atoms with Gasteiger partial charge >= 0.3 is 0 Å². The lowest BCUT2D eigenvalue weighted by Gasteiger charge is -2.36. The fourth-order valence-corrected chi connectivity index (χ4v) is 3.21. The Morgan fingerprint density at radius 2 is 2.04 bits per heavy atom. The van der Waals surface area contributed by atoms with Crippen LogP contribution in [0.2, 0.25) is 0 Å². The Morgan fingerprint density at radius 1 is 1.28 bits per heavy atom. The summed E-state index contributed by atoms with van der Waals surface area (Å²) >= 11 is 0. The maximum Gasteiger partial charge on any atom is 0.244 e. The first-order chi connectivity index (χ1) is 12.1. The molecular weight excluding hydrogens is 316 g/mol.